The Balaban J connectivity index is 1.88. The van der Waals surface area contributed by atoms with Gasteiger partial charge in [0, 0.05) is 37.3 Å². The van der Waals surface area contributed by atoms with Gasteiger partial charge in [-0.25, -0.2) is 0 Å². The van der Waals surface area contributed by atoms with Gasteiger partial charge >= 0.3 is 0 Å². The molecule has 0 fully saturated rings. The van der Waals surface area contributed by atoms with Crippen molar-refractivity contribution in [2.45, 2.75) is 32.9 Å². The standard InChI is InChI=1S/C15H24N2O/c1-15(2,3)16-8-9-17-10-11-18-14-7-5-4-6-13(14)12-17/h4-7,16H,8-12H2,1-3H3. The van der Waals surface area contributed by atoms with Crippen molar-refractivity contribution in [3.05, 3.63) is 29.8 Å². The highest BCUT2D eigenvalue weighted by Gasteiger charge is 2.15. The molecule has 0 spiro atoms. The third kappa shape index (κ3) is 4.00. The maximum Gasteiger partial charge on any atom is 0.123 e. The number of fused-ring (bicyclic) bond motifs is 1. The van der Waals surface area contributed by atoms with Gasteiger partial charge in [-0.3, -0.25) is 4.90 Å². The Morgan fingerprint density at radius 2 is 2.06 bits per heavy atom. The van der Waals surface area contributed by atoms with Crippen LogP contribution in [0.1, 0.15) is 26.3 Å². The minimum atomic E-state index is 0.195. The number of ether oxygens (including phenoxy) is 1. The summed E-state index contributed by atoms with van der Waals surface area (Å²) in [4.78, 5) is 2.45. The molecule has 3 heteroatoms. The van der Waals surface area contributed by atoms with Crippen LogP contribution in [0.2, 0.25) is 0 Å². The summed E-state index contributed by atoms with van der Waals surface area (Å²) in [6.07, 6.45) is 0. The molecule has 0 saturated carbocycles. The third-order valence-corrected chi connectivity index (χ3v) is 3.12. The Kier molecular flexibility index (Phi) is 4.25. The van der Waals surface area contributed by atoms with Crippen molar-refractivity contribution in [2.75, 3.05) is 26.2 Å². The van der Waals surface area contributed by atoms with Crippen LogP contribution in [0.25, 0.3) is 0 Å². The second-order valence-electron chi connectivity index (χ2n) is 5.91. The first kappa shape index (κ1) is 13.4. The van der Waals surface area contributed by atoms with Crippen LogP contribution in [-0.2, 0) is 6.54 Å². The number of hydrogen-bond donors (Lipinski definition) is 1. The van der Waals surface area contributed by atoms with Gasteiger partial charge in [0.15, 0.2) is 0 Å². The molecule has 0 aromatic heterocycles. The van der Waals surface area contributed by atoms with Gasteiger partial charge in [-0.05, 0) is 26.8 Å². The number of nitrogens with one attached hydrogen (secondary N) is 1. The SMILES string of the molecule is CC(C)(C)NCCN1CCOc2ccccc2C1. The van der Waals surface area contributed by atoms with E-state index in [1.54, 1.807) is 0 Å². The van der Waals surface area contributed by atoms with Crippen molar-refractivity contribution in [1.82, 2.24) is 10.2 Å². The van der Waals surface area contributed by atoms with Gasteiger partial charge in [0.2, 0.25) is 0 Å². The van der Waals surface area contributed by atoms with Crippen LogP contribution in [-0.4, -0.2) is 36.7 Å². The van der Waals surface area contributed by atoms with Crippen LogP contribution < -0.4 is 10.1 Å². The number of nitrogens with zero attached hydrogens (tertiary/aromatic N) is 1. The topological polar surface area (TPSA) is 24.5 Å². The number of para-hydroxylation sites is 1. The Hall–Kier alpha value is -1.06. The molecule has 18 heavy (non-hydrogen) atoms. The zero-order valence-corrected chi connectivity index (χ0v) is 11.7. The average Bonchev–Trinajstić information content (AvgIpc) is 2.49. The minimum absolute atomic E-state index is 0.195. The van der Waals surface area contributed by atoms with E-state index in [4.69, 9.17) is 4.74 Å². The lowest BCUT2D eigenvalue weighted by Gasteiger charge is -2.24. The molecule has 1 N–H and O–H groups in total. The van der Waals surface area contributed by atoms with E-state index in [-0.39, 0.29) is 5.54 Å². The van der Waals surface area contributed by atoms with E-state index < -0.39 is 0 Å². The second-order valence-corrected chi connectivity index (χ2v) is 5.91. The van der Waals surface area contributed by atoms with E-state index in [9.17, 15) is 0 Å². The molecular weight excluding hydrogens is 224 g/mol. The molecule has 0 unspecified atom stereocenters. The summed E-state index contributed by atoms with van der Waals surface area (Å²) in [6.45, 7) is 11.5. The molecule has 1 aliphatic heterocycles. The molecule has 0 amide bonds. The molecule has 0 saturated heterocycles. The zero-order valence-electron chi connectivity index (χ0n) is 11.7. The summed E-state index contributed by atoms with van der Waals surface area (Å²) in [5, 5.41) is 3.53. The van der Waals surface area contributed by atoms with Crippen LogP contribution in [0.4, 0.5) is 0 Å². The van der Waals surface area contributed by atoms with Crippen molar-refractivity contribution in [3.8, 4) is 5.75 Å². The Morgan fingerprint density at radius 3 is 2.83 bits per heavy atom. The van der Waals surface area contributed by atoms with Crippen LogP contribution in [0.5, 0.6) is 5.75 Å². The normalized spacial score (nSPS) is 16.8. The van der Waals surface area contributed by atoms with Crippen molar-refractivity contribution >= 4 is 0 Å². The molecule has 0 radical (unpaired) electrons. The van der Waals surface area contributed by atoms with E-state index in [1.807, 2.05) is 6.07 Å². The van der Waals surface area contributed by atoms with Gasteiger partial charge < -0.3 is 10.1 Å². The van der Waals surface area contributed by atoms with E-state index in [2.05, 4.69) is 49.2 Å². The molecule has 3 nitrogen and oxygen atoms in total. The summed E-state index contributed by atoms with van der Waals surface area (Å²) >= 11 is 0. The molecule has 1 aromatic carbocycles. The minimum Gasteiger partial charge on any atom is -0.492 e. The number of rotatable bonds is 3. The maximum absolute atomic E-state index is 5.76. The fraction of sp³-hybridized carbons (Fsp3) is 0.600. The fourth-order valence-electron chi connectivity index (χ4n) is 2.16. The number of benzene rings is 1. The highest BCUT2D eigenvalue weighted by Crippen LogP contribution is 2.21. The number of hydrogen-bond acceptors (Lipinski definition) is 3. The van der Waals surface area contributed by atoms with E-state index in [1.165, 1.54) is 5.56 Å². The lowest BCUT2D eigenvalue weighted by atomic mass is 10.1. The van der Waals surface area contributed by atoms with Crippen LogP contribution in [0, 0.1) is 0 Å². The van der Waals surface area contributed by atoms with Gasteiger partial charge in [-0.1, -0.05) is 18.2 Å². The quantitative estimate of drug-likeness (QED) is 0.888. The lowest BCUT2D eigenvalue weighted by molar-refractivity contribution is 0.220. The molecule has 1 aliphatic rings. The van der Waals surface area contributed by atoms with E-state index in [0.29, 0.717) is 0 Å². The Bertz CT molecular complexity index is 384. The van der Waals surface area contributed by atoms with Gasteiger partial charge in [-0.2, -0.15) is 0 Å². The Labute approximate surface area is 110 Å². The van der Waals surface area contributed by atoms with Crippen LogP contribution in [0.15, 0.2) is 24.3 Å². The molecule has 1 heterocycles. The zero-order chi connectivity index (χ0) is 13.0. The molecule has 0 bridgehead atoms. The summed E-state index contributed by atoms with van der Waals surface area (Å²) in [5.74, 6) is 1.05. The van der Waals surface area contributed by atoms with Gasteiger partial charge in [0.1, 0.15) is 12.4 Å². The second kappa shape index (κ2) is 5.72. The van der Waals surface area contributed by atoms with Gasteiger partial charge in [0.05, 0.1) is 0 Å². The lowest BCUT2D eigenvalue weighted by Crippen LogP contribution is -2.41. The monoisotopic (exact) mass is 248 g/mol. The Morgan fingerprint density at radius 1 is 1.28 bits per heavy atom. The third-order valence-electron chi connectivity index (χ3n) is 3.12. The molecule has 100 valence electrons. The highest BCUT2D eigenvalue weighted by molar-refractivity contribution is 5.33. The summed E-state index contributed by atoms with van der Waals surface area (Å²) in [7, 11) is 0. The van der Waals surface area contributed by atoms with Gasteiger partial charge in [-0.15, -0.1) is 0 Å². The summed E-state index contributed by atoms with van der Waals surface area (Å²) < 4.78 is 5.76. The predicted octanol–water partition coefficient (Wildman–Crippen LogP) is 2.27. The van der Waals surface area contributed by atoms with Crippen molar-refractivity contribution < 1.29 is 4.74 Å². The molecule has 0 aliphatic carbocycles. The first-order chi connectivity index (χ1) is 8.54. The molecule has 2 rings (SSSR count). The molecule has 0 atom stereocenters. The van der Waals surface area contributed by atoms with E-state index in [0.717, 1.165) is 38.5 Å². The van der Waals surface area contributed by atoms with Gasteiger partial charge in [0.25, 0.3) is 0 Å². The van der Waals surface area contributed by atoms with Crippen LogP contribution in [0.3, 0.4) is 0 Å². The molecular formula is C15H24N2O. The first-order valence-electron chi connectivity index (χ1n) is 6.73. The van der Waals surface area contributed by atoms with E-state index >= 15 is 0 Å². The first-order valence-corrected chi connectivity index (χ1v) is 6.73. The molecule has 1 aromatic rings. The highest BCUT2D eigenvalue weighted by atomic mass is 16.5. The average molecular weight is 248 g/mol. The fourth-order valence-corrected chi connectivity index (χ4v) is 2.16. The predicted molar refractivity (Wildman–Crippen MR) is 75.0 cm³/mol. The largest absolute Gasteiger partial charge is 0.492 e. The van der Waals surface area contributed by atoms with Crippen molar-refractivity contribution in [2.24, 2.45) is 0 Å². The van der Waals surface area contributed by atoms with Crippen molar-refractivity contribution in [1.29, 1.82) is 0 Å². The summed E-state index contributed by atoms with van der Waals surface area (Å²) in [5.41, 5.74) is 1.49. The van der Waals surface area contributed by atoms with Crippen LogP contribution >= 0.6 is 0 Å². The smallest absolute Gasteiger partial charge is 0.123 e. The summed E-state index contributed by atoms with van der Waals surface area (Å²) in [6, 6.07) is 8.34. The maximum atomic E-state index is 5.76. The van der Waals surface area contributed by atoms with Crippen molar-refractivity contribution in [3.63, 3.8) is 0 Å².